The van der Waals surface area contributed by atoms with Crippen molar-refractivity contribution in [3.63, 3.8) is 0 Å². The van der Waals surface area contributed by atoms with Crippen LogP contribution >= 0.6 is 0 Å². The van der Waals surface area contributed by atoms with Crippen molar-refractivity contribution < 1.29 is 19.4 Å². The van der Waals surface area contributed by atoms with Crippen molar-refractivity contribution in [1.29, 1.82) is 0 Å². The molecule has 1 aromatic heterocycles. The summed E-state index contributed by atoms with van der Waals surface area (Å²) in [4.78, 5) is 29.7. The molecule has 1 fully saturated rings. The van der Waals surface area contributed by atoms with Gasteiger partial charge in [-0.2, -0.15) is 0 Å². The van der Waals surface area contributed by atoms with E-state index in [0.29, 0.717) is 30.7 Å². The highest BCUT2D eigenvalue weighted by Crippen LogP contribution is 2.23. The Labute approximate surface area is 212 Å². The van der Waals surface area contributed by atoms with E-state index in [1.807, 2.05) is 54.6 Å². The van der Waals surface area contributed by atoms with E-state index < -0.39 is 0 Å². The Hall–Kier alpha value is -3.55. The molecule has 0 atom stereocenters. The summed E-state index contributed by atoms with van der Waals surface area (Å²) in [7, 11) is 2.66. The van der Waals surface area contributed by atoms with Crippen LogP contribution in [0.4, 0.5) is 0 Å². The first-order valence-electron chi connectivity index (χ1n) is 12.3. The van der Waals surface area contributed by atoms with Crippen LogP contribution in [0.15, 0.2) is 67.0 Å². The van der Waals surface area contributed by atoms with E-state index in [1.54, 1.807) is 19.5 Å². The fraction of sp³-hybridized carbons (Fsp3) is 0.345. The highest BCUT2D eigenvalue weighted by Gasteiger charge is 2.18. The number of aromatic nitrogens is 1. The Morgan fingerprint density at radius 3 is 2.44 bits per heavy atom. The predicted octanol–water partition coefficient (Wildman–Crippen LogP) is 4.15. The van der Waals surface area contributed by atoms with Gasteiger partial charge in [0, 0.05) is 50.3 Å². The molecular weight excluding hydrogens is 454 g/mol. The molecule has 36 heavy (non-hydrogen) atoms. The van der Waals surface area contributed by atoms with Crippen molar-refractivity contribution in [3.05, 3.63) is 89.2 Å². The zero-order valence-corrected chi connectivity index (χ0v) is 21.0. The third-order valence-corrected chi connectivity index (χ3v) is 6.27. The fourth-order valence-electron chi connectivity index (χ4n) is 4.40. The first kappa shape index (κ1) is 27.0. The second-order valence-corrected chi connectivity index (χ2v) is 8.69. The van der Waals surface area contributed by atoms with Gasteiger partial charge in [0.1, 0.15) is 0 Å². The summed E-state index contributed by atoms with van der Waals surface area (Å²) < 4.78 is 5.26. The Balaban J connectivity index is 0.00000176. The highest BCUT2D eigenvalue weighted by atomic mass is 16.5. The van der Waals surface area contributed by atoms with Crippen LogP contribution in [-0.2, 0) is 17.7 Å². The number of hydrogen-bond acceptors (Lipinski definition) is 5. The molecule has 7 heteroatoms. The number of aliphatic hydroxyl groups excluding tert-OH is 1. The zero-order chi connectivity index (χ0) is 25.8. The van der Waals surface area contributed by atoms with Gasteiger partial charge >= 0.3 is 0 Å². The molecule has 0 radical (unpaired) electrons. The molecule has 4 rings (SSSR count). The summed E-state index contributed by atoms with van der Waals surface area (Å²) in [5, 5.41) is 13.1. The topological polar surface area (TPSA) is 101 Å². The van der Waals surface area contributed by atoms with Gasteiger partial charge in [-0.1, -0.05) is 37.1 Å². The van der Waals surface area contributed by atoms with Crippen LogP contribution in [0.25, 0.3) is 11.1 Å². The van der Waals surface area contributed by atoms with Crippen molar-refractivity contribution >= 4 is 11.8 Å². The summed E-state index contributed by atoms with van der Waals surface area (Å²) in [5.41, 5.74) is 5.16. The first-order valence-corrected chi connectivity index (χ1v) is 12.3. The number of nitrogens with zero attached hydrogens (tertiary/aromatic N) is 1. The molecule has 0 unspecified atom stereocenters. The molecular formula is C29H35N3O4. The SMILES string of the molecule is CO.COCCc1cc(-c2ccncc2)ccc1C(=O)NCc1cccc(C(=O)NC2CCCC2)c1. The molecule has 1 aliphatic carbocycles. The number of pyridine rings is 1. The number of carbonyl (C=O) groups is 2. The first-order chi connectivity index (χ1) is 17.6. The fourth-order valence-corrected chi connectivity index (χ4v) is 4.40. The third-order valence-electron chi connectivity index (χ3n) is 6.27. The molecule has 1 aliphatic rings. The molecule has 190 valence electrons. The molecule has 0 bridgehead atoms. The standard InChI is InChI=1S/C28H31N3O3.CH4O/c1-34-16-13-23-18-22(21-11-14-29-15-12-21)9-10-26(23)28(33)30-19-20-5-4-6-24(17-20)27(32)31-25-7-2-3-8-25;1-2/h4-6,9-12,14-15,17-18,25H,2-3,7-8,13,16,19H2,1H3,(H,30,33)(H,31,32);2H,1H3. The lowest BCUT2D eigenvalue weighted by Gasteiger charge is -2.14. The van der Waals surface area contributed by atoms with Crippen LogP contribution in [0, 0.1) is 0 Å². The van der Waals surface area contributed by atoms with Gasteiger partial charge in [0.2, 0.25) is 0 Å². The number of rotatable bonds is 9. The molecule has 0 spiro atoms. The van der Waals surface area contributed by atoms with Gasteiger partial charge in [-0.3, -0.25) is 14.6 Å². The maximum atomic E-state index is 13.1. The van der Waals surface area contributed by atoms with Crippen LogP contribution in [0.2, 0.25) is 0 Å². The van der Waals surface area contributed by atoms with Gasteiger partial charge in [0.05, 0.1) is 6.61 Å². The summed E-state index contributed by atoms with van der Waals surface area (Å²) >= 11 is 0. The number of amides is 2. The lowest BCUT2D eigenvalue weighted by molar-refractivity contribution is 0.0935. The van der Waals surface area contributed by atoms with E-state index in [-0.39, 0.29) is 17.9 Å². The van der Waals surface area contributed by atoms with E-state index in [2.05, 4.69) is 15.6 Å². The van der Waals surface area contributed by atoms with Gasteiger partial charge in [0.15, 0.2) is 0 Å². The lowest BCUT2D eigenvalue weighted by Crippen LogP contribution is -2.32. The average molecular weight is 490 g/mol. The molecule has 7 nitrogen and oxygen atoms in total. The molecule has 2 aromatic carbocycles. The normalized spacial score (nSPS) is 13.0. The monoisotopic (exact) mass is 489 g/mol. The van der Waals surface area contributed by atoms with Gasteiger partial charge in [-0.05, 0) is 71.8 Å². The number of benzene rings is 2. The highest BCUT2D eigenvalue weighted by molar-refractivity contribution is 5.96. The van der Waals surface area contributed by atoms with E-state index in [1.165, 1.54) is 12.8 Å². The van der Waals surface area contributed by atoms with Crippen LogP contribution in [0.1, 0.15) is 57.5 Å². The Bertz CT molecular complexity index is 1130. The van der Waals surface area contributed by atoms with Crippen LogP contribution in [-0.4, -0.2) is 48.8 Å². The quantitative estimate of drug-likeness (QED) is 0.419. The minimum absolute atomic E-state index is 0.0476. The number of nitrogens with one attached hydrogen (secondary N) is 2. The lowest BCUT2D eigenvalue weighted by atomic mass is 9.97. The predicted molar refractivity (Wildman–Crippen MR) is 141 cm³/mol. The number of carbonyl (C=O) groups excluding carboxylic acids is 2. The number of hydrogen-bond donors (Lipinski definition) is 3. The maximum Gasteiger partial charge on any atom is 0.251 e. The molecule has 1 heterocycles. The molecule has 3 aromatic rings. The van der Waals surface area contributed by atoms with Crippen molar-refractivity contribution in [3.8, 4) is 11.1 Å². The van der Waals surface area contributed by atoms with Gasteiger partial charge in [-0.15, -0.1) is 0 Å². The molecule has 0 aliphatic heterocycles. The smallest absolute Gasteiger partial charge is 0.251 e. The molecule has 1 saturated carbocycles. The Kier molecular flexibility index (Phi) is 10.6. The third kappa shape index (κ3) is 7.47. The summed E-state index contributed by atoms with van der Waals surface area (Å²) in [6, 6.07) is 17.5. The molecule has 0 saturated heterocycles. The molecule has 3 N–H and O–H groups in total. The van der Waals surface area contributed by atoms with Crippen molar-refractivity contribution in [2.45, 2.75) is 44.7 Å². The largest absolute Gasteiger partial charge is 0.400 e. The van der Waals surface area contributed by atoms with E-state index in [4.69, 9.17) is 9.84 Å². The van der Waals surface area contributed by atoms with Gasteiger partial charge in [-0.25, -0.2) is 0 Å². The average Bonchev–Trinajstić information content (AvgIpc) is 3.45. The van der Waals surface area contributed by atoms with Crippen LogP contribution < -0.4 is 10.6 Å². The number of methoxy groups -OCH3 is 1. The van der Waals surface area contributed by atoms with Crippen LogP contribution in [0.3, 0.4) is 0 Å². The minimum atomic E-state index is -0.145. The van der Waals surface area contributed by atoms with E-state index in [9.17, 15) is 9.59 Å². The van der Waals surface area contributed by atoms with Gasteiger partial charge < -0.3 is 20.5 Å². The van der Waals surface area contributed by atoms with Crippen molar-refractivity contribution in [1.82, 2.24) is 15.6 Å². The Morgan fingerprint density at radius 2 is 1.72 bits per heavy atom. The van der Waals surface area contributed by atoms with Crippen LogP contribution in [0.5, 0.6) is 0 Å². The zero-order valence-electron chi connectivity index (χ0n) is 21.0. The number of ether oxygens (including phenoxy) is 1. The second kappa shape index (κ2) is 14.1. The van der Waals surface area contributed by atoms with Crippen molar-refractivity contribution in [2.75, 3.05) is 20.8 Å². The number of aliphatic hydroxyl groups is 1. The van der Waals surface area contributed by atoms with Crippen molar-refractivity contribution in [2.24, 2.45) is 0 Å². The van der Waals surface area contributed by atoms with E-state index >= 15 is 0 Å². The summed E-state index contributed by atoms with van der Waals surface area (Å²) in [5.74, 6) is -0.193. The summed E-state index contributed by atoms with van der Waals surface area (Å²) in [6.07, 6.45) is 8.59. The second-order valence-electron chi connectivity index (χ2n) is 8.69. The van der Waals surface area contributed by atoms with Gasteiger partial charge in [0.25, 0.3) is 11.8 Å². The molecule has 2 amide bonds. The van der Waals surface area contributed by atoms with E-state index in [0.717, 1.165) is 42.2 Å². The summed E-state index contributed by atoms with van der Waals surface area (Å²) in [6.45, 7) is 0.872. The minimum Gasteiger partial charge on any atom is -0.400 e. The maximum absolute atomic E-state index is 13.1. The Morgan fingerprint density at radius 1 is 0.972 bits per heavy atom.